The molecule has 22 heavy (non-hydrogen) atoms. The molecular formula is C16H17BrN4O. The highest BCUT2D eigenvalue weighted by Gasteiger charge is 2.29. The first kappa shape index (κ1) is 15.1. The summed E-state index contributed by atoms with van der Waals surface area (Å²) in [4.78, 5) is 16.3. The Kier molecular flexibility index (Phi) is 4.82. The molecule has 0 aliphatic carbocycles. The normalized spacial score (nSPS) is 20.8. The maximum Gasteiger partial charge on any atom is 0.238 e. The molecule has 5 nitrogen and oxygen atoms in total. The van der Waals surface area contributed by atoms with Crippen molar-refractivity contribution in [2.45, 2.75) is 25.0 Å². The number of pyridine rings is 1. The molecule has 0 spiro atoms. The summed E-state index contributed by atoms with van der Waals surface area (Å²) in [7, 11) is 0. The molecule has 1 saturated heterocycles. The van der Waals surface area contributed by atoms with E-state index in [1.165, 1.54) is 0 Å². The highest BCUT2D eigenvalue weighted by molar-refractivity contribution is 9.10. The Morgan fingerprint density at radius 2 is 2.09 bits per heavy atom. The average Bonchev–Trinajstić information content (AvgIpc) is 3.05. The van der Waals surface area contributed by atoms with Gasteiger partial charge in [0.1, 0.15) is 6.04 Å². The summed E-state index contributed by atoms with van der Waals surface area (Å²) in [5, 5.41) is 2.96. The van der Waals surface area contributed by atoms with Crippen LogP contribution in [0.1, 0.15) is 23.6 Å². The van der Waals surface area contributed by atoms with E-state index in [1.54, 1.807) is 6.20 Å². The van der Waals surface area contributed by atoms with Crippen molar-refractivity contribution in [3.8, 4) is 0 Å². The quantitative estimate of drug-likeness (QED) is 0.780. The van der Waals surface area contributed by atoms with Gasteiger partial charge in [-0.2, -0.15) is 0 Å². The van der Waals surface area contributed by atoms with Gasteiger partial charge in [0.05, 0.1) is 0 Å². The second kappa shape index (κ2) is 7.00. The lowest BCUT2D eigenvalue weighted by Gasteiger charge is -2.11. The first-order valence-electron chi connectivity index (χ1n) is 7.15. The van der Waals surface area contributed by atoms with Crippen LogP contribution in [0.5, 0.6) is 0 Å². The predicted octanol–water partition coefficient (Wildman–Crippen LogP) is 2.07. The van der Waals surface area contributed by atoms with E-state index in [1.807, 2.05) is 42.6 Å². The highest BCUT2D eigenvalue weighted by atomic mass is 79.9. The highest BCUT2D eigenvalue weighted by Crippen LogP contribution is 2.21. The smallest absolute Gasteiger partial charge is 0.238 e. The van der Waals surface area contributed by atoms with Crippen LogP contribution >= 0.6 is 15.9 Å². The van der Waals surface area contributed by atoms with Crippen LogP contribution in [0.4, 0.5) is 0 Å². The molecule has 1 aromatic heterocycles. The molecule has 0 bridgehead atoms. The Labute approximate surface area is 137 Å². The van der Waals surface area contributed by atoms with Crippen molar-refractivity contribution in [2.75, 3.05) is 0 Å². The van der Waals surface area contributed by atoms with Gasteiger partial charge in [-0.25, -0.2) is 10.9 Å². The number of benzene rings is 1. The summed E-state index contributed by atoms with van der Waals surface area (Å²) in [6.07, 6.45) is 4.27. The van der Waals surface area contributed by atoms with E-state index in [4.69, 9.17) is 0 Å². The third-order valence-electron chi connectivity index (χ3n) is 3.69. The first-order chi connectivity index (χ1) is 10.7. The van der Waals surface area contributed by atoms with E-state index in [0.717, 1.165) is 15.6 Å². The van der Waals surface area contributed by atoms with E-state index in [9.17, 15) is 4.79 Å². The van der Waals surface area contributed by atoms with Crippen molar-refractivity contribution in [2.24, 2.45) is 0 Å². The Hall–Kier alpha value is -1.76. The fourth-order valence-electron chi connectivity index (χ4n) is 2.44. The van der Waals surface area contributed by atoms with Crippen molar-refractivity contribution in [3.05, 3.63) is 64.4 Å². The molecule has 6 heteroatoms. The molecule has 1 aromatic carbocycles. The molecule has 1 aliphatic heterocycles. The van der Waals surface area contributed by atoms with Gasteiger partial charge in [0.15, 0.2) is 0 Å². The van der Waals surface area contributed by atoms with Gasteiger partial charge < -0.3 is 5.32 Å². The lowest BCUT2D eigenvalue weighted by molar-refractivity contribution is -0.123. The van der Waals surface area contributed by atoms with Crippen LogP contribution in [-0.2, 0) is 11.3 Å². The van der Waals surface area contributed by atoms with E-state index < -0.39 is 0 Å². The van der Waals surface area contributed by atoms with Crippen LogP contribution in [-0.4, -0.2) is 16.9 Å². The van der Waals surface area contributed by atoms with Crippen LogP contribution in [0.2, 0.25) is 0 Å². The summed E-state index contributed by atoms with van der Waals surface area (Å²) in [5.41, 5.74) is 8.36. The van der Waals surface area contributed by atoms with Gasteiger partial charge >= 0.3 is 0 Å². The largest absolute Gasteiger partial charge is 0.351 e. The van der Waals surface area contributed by atoms with Crippen molar-refractivity contribution >= 4 is 21.8 Å². The second-order valence-electron chi connectivity index (χ2n) is 5.26. The third-order valence-corrected chi connectivity index (χ3v) is 4.22. The number of hydrazine groups is 1. The predicted molar refractivity (Wildman–Crippen MR) is 87.6 cm³/mol. The summed E-state index contributed by atoms with van der Waals surface area (Å²) >= 11 is 3.40. The molecule has 1 fully saturated rings. The molecule has 0 saturated carbocycles. The first-order valence-corrected chi connectivity index (χ1v) is 7.95. The van der Waals surface area contributed by atoms with Gasteiger partial charge in [-0.15, -0.1) is 0 Å². The molecule has 2 unspecified atom stereocenters. The van der Waals surface area contributed by atoms with Gasteiger partial charge in [-0.05, 0) is 35.7 Å². The van der Waals surface area contributed by atoms with E-state index in [0.29, 0.717) is 13.0 Å². The van der Waals surface area contributed by atoms with E-state index >= 15 is 0 Å². The molecule has 0 radical (unpaired) electrons. The van der Waals surface area contributed by atoms with E-state index in [2.05, 4.69) is 37.1 Å². The van der Waals surface area contributed by atoms with Crippen LogP contribution in [0.3, 0.4) is 0 Å². The summed E-state index contributed by atoms with van der Waals surface area (Å²) in [6.45, 7) is 0.530. The molecule has 1 amide bonds. The minimum absolute atomic E-state index is 0.00168. The third kappa shape index (κ3) is 3.71. The van der Waals surface area contributed by atoms with Crippen molar-refractivity contribution in [3.63, 3.8) is 0 Å². The van der Waals surface area contributed by atoms with Gasteiger partial charge in [-0.1, -0.05) is 34.1 Å². The number of carbonyl (C=O) groups is 1. The average molecular weight is 361 g/mol. The Balaban J connectivity index is 1.52. The standard InChI is InChI=1S/C16H17BrN4O/c17-13-5-3-11(4-6-13)9-19-16(22)15-8-14(20-21-15)12-2-1-7-18-10-12/h1-7,10,14-15,20-21H,8-9H2,(H,19,22). The number of nitrogens with one attached hydrogen (secondary N) is 3. The minimum atomic E-state index is -0.236. The molecule has 1 aliphatic rings. The number of hydrogen-bond acceptors (Lipinski definition) is 4. The van der Waals surface area contributed by atoms with Crippen LogP contribution in [0.15, 0.2) is 53.3 Å². The second-order valence-corrected chi connectivity index (χ2v) is 6.18. The number of rotatable bonds is 4. The molecule has 2 heterocycles. The Morgan fingerprint density at radius 1 is 1.27 bits per heavy atom. The van der Waals surface area contributed by atoms with Gasteiger partial charge in [0, 0.05) is 29.5 Å². The number of hydrogen-bond donors (Lipinski definition) is 3. The van der Waals surface area contributed by atoms with Gasteiger partial charge in [0.2, 0.25) is 5.91 Å². The topological polar surface area (TPSA) is 66.0 Å². The zero-order valence-electron chi connectivity index (χ0n) is 11.9. The zero-order valence-corrected chi connectivity index (χ0v) is 13.5. The molecule has 114 valence electrons. The maximum atomic E-state index is 12.2. The summed E-state index contributed by atoms with van der Waals surface area (Å²) in [6, 6.07) is 11.7. The fraction of sp³-hybridized carbons (Fsp3) is 0.250. The van der Waals surface area contributed by atoms with Gasteiger partial charge in [-0.3, -0.25) is 9.78 Å². The number of carbonyl (C=O) groups excluding carboxylic acids is 1. The number of aromatic nitrogens is 1. The molecule has 2 atom stereocenters. The Bertz CT molecular complexity index is 632. The molecule has 3 N–H and O–H groups in total. The zero-order chi connectivity index (χ0) is 15.4. The summed E-state index contributed by atoms with van der Waals surface area (Å²) < 4.78 is 1.03. The van der Waals surface area contributed by atoms with Crippen molar-refractivity contribution < 1.29 is 4.79 Å². The number of nitrogens with zero attached hydrogens (tertiary/aromatic N) is 1. The lowest BCUT2D eigenvalue weighted by Crippen LogP contribution is -2.42. The van der Waals surface area contributed by atoms with Crippen molar-refractivity contribution in [1.82, 2.24) is 21.2 Å². The maximum absolute atomic E-state index is 12.2. The van der Waals surface area contributed by atoms with Crippen LogP contribution in [0, 0.1) is 0 Å². The number of amides is 1. The molecule has 3 rings (SSSR count). The summed E-state index contributed by atoms with van der Waals surface area (Å²) in [5.74, 6) is 0.00168. The fourth-order valence-corrected chi connectivity index (χ4v) is 2.71. The lowest BCUT2D eigenvalue weighted by atomic mass is 10.0. The number of halogens is 1. The van der Waals surface area contributed by atoms with Gasteiger partial charge in [0.25, 0.3) is 0 Å². The van der Waals surface area contributed by atoms with Crippen LogP contribution in [0.25, 0.3) is 0 Å². The Morgan fingerprint density at radius 3 is 2.82 bits per heavy atom. The monoisotopic (exact) mass is 360 g/mol. The molecule has 2 aromatic rings. The minimum Gasteiger partial charge on any atom is -0.351 e. The van der Waals surface area contributed by atoms with E-state index in [-0.39, 0.29) is 18.0 Å². The molecular weight excluding hydrogens is 344 g/mol. The SMILES string of the molecule is O=C(NCc1ccc(Br)cc1)C1CC(c2cccnc2)NN1. The van der Waals surface area contributed by atoms with Crippen molar-refractivity contribution in [1.29, 1.82) is 0 Å². The van der Waals surface area contributed by atoms with Crippen LogP contribution < -0.4 is 16.2 Å².